The Balaban J connectivity index is 1.52. The van der Waals surface area contributed by atoms with Crippen LogP contribution in [0.2, 0.25) is 0 Å². The molecule has 2 fully saturated rings. The van der Waals surface area contributed by atoms with Crippen molar-refractivity contribution in [1.82, 2.24) is 10.2 Å². The number of nitrogens with one attached hydrogen (secondary N) is 1. The zero-order valence-corrected chi connectivity index (χ0v) is 12.6. The summed E-state index contributed by atoms with van der Waals surface area (Å²) in [4.78, 5) is 2.41. The van der Waals surface area contributed by atoms with Crippen LogP contribution in [0.15, 0.2) is 30.3 Å². The zero-order chi connectivity index (χ0) is 14.5. The van der Waals surface area contributed by atoms with E-state index in [9.17, 15) is 5.11 Å². The van der Waals surface area contributed by atoms with Crippen molar-refractivity contribution in [3.63, 3.8) is 0 Å². The molecule has 3 rings (SSSR count). The molecule has 21 heavy (non-hydrogen) atoms. The van der Waals surface area contributed by atoms with Crippen LogP contribution in [0.3, 0.4) is 0 Å². The molecule has 2 heterocycles. The van der Waals surface area contributed by atoms with Crippen LogP contribution in [0.25, 0.3) is 0 Å². The average molecular weight is 290 g/mol. The van der Waals surface area contributed by atoms with Gasteiger partial charge in [0.25, 0.3) is 0 Å². The highest BCUT2D eigenvalue weighted by Crippen LogP contribution is 2.20. The maximum atomic E-state index is 10.00. The third-order valence-corrected chi connectivity index (χ3v) is 4.60. The molecule has 0 saturated carbocycles. The van der Waals surface area contributed by atoms with E-state index in [1.165, 1.54) is 5.56 Å². The summed E-state index contributed by atoms with van der Waals surface area (Å²) in [6, 6.07) is 11.5. The minimum absolute atomic E-state index is 0.185. The van der Waals surface area contributed by atoms with E-state index < -0.39 is 0 Å². The first kappa shape index (κ1) is 15.0. The number of aliphatic hydroxyl groups is 1. The summed E-state index contributed by atoms with van der Waals surface area (Å²) in [7, 11) is 0. The zero-order valence-electron chi connectivity index (χ0n) is 12.6. The van der Waals surface area contributed by atoms with Crippen molar-refractivity contribution in [2.24, 2.45) is 0 Å². The summed E-state index contributed by atoms with van der Waals surface area (Å²) in [5.41, 5.74) is 1.32. The molecule has 2 aliphatic heterocycles. The van der Waals surface area contributed by atoms with Crippen molar-refractivity contribution in [1.29, 1.82) is 0 Å². The number of likely N-dealkylation sites (tertiary alicyclic amines) is 1. The predicted molar refractivity (Wildman–Crippen MR) is 83.1 cm³/mol. The SMILES string of the molecule is OC1CC(CNC2CCOCC2)N(Cc2ccccc2)C1. The van der Waals surface area contributed by atoms with Gasteiger partial charge in [-0.15, -0.1) is 0 Å². The van der Waals surface area contributed by atoms with Gasteiger partial charge < -0.3 is 15.2 Å². The van der Waals surface area contributed by atoms with Crippen molar-refractivity contribution in [2.75, 3.05) is 26.3 Å². The van der Waals surface area contributed by atoms with Crippen LogP contribution >= 0.6 is 0 Å². The van der Waals surface area contributed by atoms with Gasteiger partial charge in [0.05, 0.1) is 6.10 Å². The minimum atomic E-state index is -0.185. The first-order chi connectivity index (χ1) is 10.3. The second-order valence-electron chi connectivity index (χ2n) is 6.25. The fourth-order valence-corrected chi connectivity index (χ4v) is 3.39. The molecule has 0 radical (unpaired) electrons. The van der Waals surface area contributed by atoms with E-state index >= 15 is 0 Å². The summed E-state index contributed by atoms with van der Waals surface area (Å²) in [5.74, 6) is 0. The van der Waals surface area contributed by atoms with Gasteiger partial charge in [-0.25, -0.2) is 0 Å². The Bertz CT molecular complexity index is 420. The second kappa shape index (κ2) is 7.36. The minimum Gasteiger partial charge on any atom is -0.392 e. The lowest BCUT2D eigenvalue weighted by atomic mass is 10.1. The van der Waals surface area contributed by atoms with Gasteiger partial charge >= 0.3 is 0 Å². The van der Waals surface area contributed by atoms with Crippen LogP contribution in [0.5, 0.6) is 0 Å². The first-order valence-corrected chi connectivity index (χ1v) is 8.08. The Labute approximate surface area is 127 Å². The van der Waals surface area contributed by atoms with Crippen LogP contribution in [-0.4, -0.2) is 54.5 Å². The first-order valence-electron chi connectivity index (χ1n) is 8.08. The lowest BCUT2D eigenvalue weighted by Crippen LogP contribution is -2.43. The predicted octanol–water partition coefficient (Wildman–Crippen LogP) is 1.39. The van der Waals surface area contributed by atoms with Gasteiger partial charge in [-0.05, 0) is 24.8 Å². The Hall–Kier alpha value is -0.940. The Morgan fingerprint density at radius 1 is 1.19 bits per heavy atom. The van der Waals surface area contributed by atoms with Crippen LogP contribution in [0.4, 0.5) is 0 Å². The third-order valence-electron chi connectivity index (χ3n) is 4.60. The van der Waals surface area contributed by atoms with E-state index in [1.54, 1.807) is 0 Å². The topological polar surface area (TPSA) is 44.7 Å². The molecule has 2 unspecified atom stereocenters. The molecule has 0 aliphatic carbocycles. The van der Waals surface area contributed by atoms with Gasteiger partial charge in [0.1, 0.15) is 0 Å². The van der Waals surface area contributed by atoms with Crippen LogP contribution in [-0.2, 0) is 11.3 Å². The highest BCUT2D eigenvalue weighted by atomic mass is 16.5. The molecular formula is C17H26N2O2. The van der Waals surface area contributed by atoms with Gasteiger partial charge in [-0.1, -0.05) is 30.3 Å². The second-order valence-corrected chi connectivity index (χ2v) is 6.25. The normalized spacial score (nSPS) is 28.0. The monoisotopic (exact) mass is 290 g/mol. The lowest BCUT2D eigenvalue weighted by Gasteiger charge is -2.28. The van der Waals surface area contributed by atoms with Gasteiger partial charge in [0.2, 0.25) is 0 Å². The molecule has 2 N–H and O–H groups in total. The van der Waals surface area contributed by atoms with Crippen molar-refractivity contribution in [3.05, 3.63) is 35.9 Å². The molecule has 2 saturated heterocycles. The average Bonchev–Trinajstić information content (AvgIpc) is 2.87. The Morgan fingerprint density at radius 3 is 2.71 bits per heavy atom. The molecule has 4 heteroatoms. The van der Waals surface area contributed by atoms with Crippen LogP contribution in [0, 0.1) is 0 Å². The number of β-amino-alcohol motifs (C(OH)–C–C–N with tert-alkyl or cyclic N) is 1. The number of nitrogens with zero attached hydrogens (tertiary/aromatic N) is 1. The highest BCUT2D eigenvalue weighted by molar-refractivity contribution is 5.15. The van der Waals surface area contributed by atoms with Gasteiger partial charge in [-0.2, -0.15) is 0 Å². The van der Waals surface area contributed by atoms with Gasteiger partial charge in [0, 0.05) is 44.9 Å². The van der Waals surface area contributed by atoms with Crippen LogP contribution < -0.4 is 5.32 Å². The molecule has 2 aliphatic rings. The molecule has 1 aromatic rings. The van der Waals surface area contributed by atoms with E-state index in [1.807, 2.05) is 6.07 Å². The molecular weight excluding hydrogens is 264 g/mol. The van der Waals surface area contributed by atoms with E-state index in [-0.39, 0.29) is 6.10 Å². The standard InChI is InChI=1S/C17H26N2O2/c20-17-10-16(11-18-15-6-8-21-9-7-15)19(13-17)12-14-4-2-1-3-5-14/h1-5,15-18,20H,6-13H2. The third kappa shape index (κ3) is 4.27. The summed E-state index contributed by atoms with van der Waals surface area (Å²) < 4.78 is 5.40. The van der Waals surface area contributed by atoms with E-state index in [2.05, 4.69) is 34.5 Å². The number of ether oxygens (including phenoxy) is 1. The Morgan fingerprint density at radius 2 is 1.95 bits per heavy atom. The van der Waals surface area contributed by atoms with Crippen molar-refractivity contribution in [3.8, 4) is 0 Å². The molecule has 0 bridgehead atoms. The molecule has 0 amide bonds. The lowest BCUT2D eigenvalue weighted by molar-refractivity contribution is 0.0758. The number of hydrogen-bond donors (Lipinski definition) is 2. The summed E-state index contributed by atoms with van der Waals surface area (Å²) >= 11 is 0. The van der Waals surface area contributed by atoms with E-state index in [0.29, 0.717) is 12.1 Å². The molecule has 4 nitrogen and oxygen atoms in total. The molecule has 0 spiro atoms. The molecule has 2 atom stereocenters. The maximum absolute atomic E-state index is 10.00. The Kier molecular flexibility index (Phi) is 5.25. The number of rotatable bonds is 5. The molecule has 116 valence electrons. The highest BCUT2D eigenvalue weighted by Gasteiger charge is 2.31. The smallest absolute Gasteiger partial charge is 0.0682 e. The van der Waals surface area contributed by atoms with Crippen molar-refractivity contribution in [2.45, 2.75) is 44.0 Å². The fraction of sp³-hybridized carbons (Fsp3) is 0.647. The summed E-state index contributed by atoms with van der Waals surface area (Å²) in [6.07, 6.45) is 2.90. The van der Waals surface area contributed by atoms with Gasteiger partial charge in [-0.3, -0.25) is 4.90 Å². The maximum Gasteiger partial charge on any atom is 0.0682 e. The molecule has 1 aromatic carbocycles. The van der Waals surface area contributed by atoms with E-state index in [0.717, 1.165) is 52.1 Å². The fourth-order valence-electron chi connectivity index (χ4n) is 3.39. The summed E-state index contributed by atoms with van der Waals surface area (Å²) in [6.45, 7) is 4.43. The number of hydrogen-bond acceptors (Lipinski definition) is 4. The van der Waals surface area contributed by atoms with Crippen LogP contribution in [0.1, 0.15) is 24.8 Å². The molecule has 0 aromatic heterocycles. The van der Waals surface area contributed by atoms with Crippen molar-refractivity contribution >= 4 is 0 Å². The number of aliphatic hydroxyl groups excluding tert-OH is 1. The summed E-state index contributed by atoms with van der Waals surface area (Å²) in [5, 5.41) is 13.7. The number of benzene rings is 1. The largest absolute Gasteiger partial charge is 0.392 e. The van der Waals surface area contributed by atoms with Gasteiger partial charge in [0.15, 0.2) is 0 Å². The van der Waals surface area contributed by atoms with E-state index in [4.69, 9.17) is 4.74 Å². The quantitative estimate of drug-likeness (QED) is 0.860. The van der Waals surface area contributed by atoms with Crippen molar-refractivity contribution < 1.29 is 9.84 Å².